The lowest BCUT2D eigenvalue weighted by atomic mass is 9.96. The van der Waals surface area contributed by atoms with Crippen LogP contribution in [0.4, 0.5) is 11.4 Å². The van der Waals surface area contributed by atoms with Gasteiger partial charge in [-0.25, -0.2) is 0 Å². The molecule has 0 saturated heterocycles. The minimum atomic E-state index is -0.619. The molecule has 628 valence electrons. The molecular formula is C102H162N2O8. The molecule has 0 saturated carbocycles. The quantitative estimate of drug-likeness (QED) is 0.0283. The Morgan fingerprint density at radius 3 is 1.15 bits per heavy atom. The highest BCUT2D eigenvalue weighted by molar-refractivity contribution is 5.86. The summed E-state index contributed by atoms with van der Waals surface area (Å²) in [7, 11) is 1.68. The number of aliphatic hydroxyl groups excluding tert-OH is 1. The van der Waals surface area contributed by atoms with E-state index < -0.39 is 6.10 Å². The van der Waals surface area contributed by atoms with Gasteiger partial charge < -0.3 is 35.6 Å². The van der Waals surface area contributed by atoms with E-state index in [0.29, 0.717) is 71.7 Å². The number of rotatable bonds is 20. The van der Waals surface area contributed by atoms with Crippen LogP contribution in [-0.4, -0.2) is 32.5 Å². The standard InChI is InChI=1S/C16H18O.C13H20O3.C13H14.C10H14O.C9H11NO2.C9H13N.C9H12O.C9H12.C7H16.7CH4.2H2/c1-13(2)15-8-10-16(11-9-15)17-12-14-6-4-3-5-7-14;1-3-9(2)4-5-13(16)10-6-11(14)8-12(15)7-10;1-10(2)12-9-5-7-11-6-3-4-8-13(11)12;1-8(2)9-4-6-10(11-3)7-5-9;1-7(2)8-3-5-9(6-4-8)10(11)12;2*1-7(2)8-3-5-9(10)6-4-8;1-8(2)9-6-4-3-5-7-9;1-4-5-6-7(2)3;;;;;;;;;/h3-11,13H,12H2,1-2H3;6-9,13-16H,3-5H2,1-2H3;3-10H,1-2H3;4-8H,1-3H3;3-7H,1-2H3;3-7H,10H2,1-2H3;3-7,10H,1-2H3;3-8H,1-2H3;7H,4-6H2,1-3H3;7*1H4;2*1H. The molecule has 0 bridgehead atoms. The van der Waals surface area contributed by atoms with Crippen molar-refractivity contribution >= 4 is 22.1 Å². The van der Waals surface area contributed by atoms with E-state index in [-0.39, 0.29) is 76.9 Å². The molecule has 0 spiro atoms. The van der Waals surface area contributed by atoms with Crippen molar-refractivity contribution in [3.63, 3.8) is 0 Å². The van der Waals surface area contributed by atoms with E-state index in [2.05, 4.69) is 247 Å². The highest BCUT2D eigenvalue weighted by Crippen LogP contribution is 2.30. The molecule has 0 aliphatic carbocycles. The summed E-state index contributed by atoms with van der Waals surface area (Å²) in [6.07, 6.45) is 6.21. The predicted octanol–water partition coefficient (Wildman–Crippen LogP) is 32.3. The summed E-state index contributed by atoms with van der Waals surface area (Å²) in [4.78, 5) is 9.90. The summed E-state index contributed by atoms with van der Waals surface area (Å²) >= 11 is 0. The van der Waals surface area contributed by atoms with Crippen LogP contribution in [0.25, 0.3) is 10.8 Å². The lowest BCUT2D eigenvalue weighted by Crippen LogP contribution is -2.01. The molecular weight excluding hydrogens is 1380 g/mol. The van der Waals surface area contributed by atoms with Gasteiger partial charge >= 0.3 is 0 Å². The van der Waals surface area contributed by atoms with Gasteiger partial charge in [0.2, 0.25) is 0 Å². The summed E-state index contributed by atoms with van der Waals surface area (Å²) in [5, 5.41) is 50.4. The van der Waals surface area contributed by atoms with E-state index in [1.807, 2.05) is 72.8 Å². The first-order valence-electron chi connectivity index (χ1n) is 37.9. The van der Waals surface area contributed by atoms with Crippen LogP contribution < -0.4 is 15.2 Å². The number of nitrogens with zero attached hydrogens (tertiary/aromatic N) is 1. The zero-order valence-corrected chi connectivity index (χ0v) is 67.3. The number of nitro benzene ring substituents is 1. The number of hydrogen-bond acceptors (Lipinski definition) is 9. The third kappa shape index (κ3) is 48.4. The Morgan fingerprint density at radius 2 is 0.777 bits per heavy atom. The SMILES string of the molecule is C.C.C.C.C.C.C.CC(C)c1ccc(N)cc1.CC(C)c1ccc(O)cc1.CC(C)c1ccc(OCc2ccccc2)cc1.CC(C)c1ccc([N+](=O)[O-])cc1.CC(C)c1cccc2ccccc12.CC(C)c1ccccc1.CCC(C)CCC(O)c1cc(O)cc(O)c1.CCCCC(C)C.COc1ccc(C(C)C)cc1.[HH].[HH]. The summed E-state index contributed by atoms with van der Waals surface area (Å²) < 4.78 is 10.8. The molecule has 10 heteroatoms. The minimum Gasteiger partial charge on any atom is -0.508 e. The average molecular weight is 1540 g/mol. The van der Waals surface area contributed by atoms with Gasteiger partial charge in [-0.15, -0.1) is 0 Å². The zero-order chi connectivity index (χ0) is 78.4. The number of fused-ring (bicyclic) bond motifs is 1. The second-order valence-corrected chi connectivity index (χ2v) is 29.2. The monoisotopic (exact) mass is 1540 g/mol. The number of aromatic hydroxyl groups is 3. The molecule has 2 unspecified atom stereocenters. The maximum atomic E-state index is 10.3. The fraction of sp³-hybridized carbons (Fsp3) is 0.431. The second kappa shape index (κ2) is 64.2. The molecule has 0 aliphatic heterocycles. The number of ether oxygens (including phenoxy) is 2. The van der Waals surface area contributed by atoms with Crippen molar-refractivity contribution in [2.24, 2.45) is 11.8 Å². The number of nitrogens with two attached hydrogens (primary N) is 1. The van der Waals surface area contributed by atoms with E-state index in [4.69, 9.17) is 20.3 Å². The van der Waals surface area contributed by atoms with Gasteiger partial charge in [-0.3, -0.25) is 10.1 Å². The Morgan fingerprint density at radius 1 is 0.402 bits per heavy atom. The Bertz CT molecular complexity index is 3770. The van der Waals surface area contributed by atoms with Gasteiger partial charge in [-0.05, 0) is 188 Å². The van der Waals surface area contributed by atoms with Crippen molar-refractivity contribution in [1.82, 2.24) is 0 Å². The van der Waals surface area contributed by atoms with Gasteiger partial charge in [-0.1, -0.05) is 373 Å². The van der Waals surface area contributed by atoms with Crippen LogP contribution >= 0.6 is 0 Å². The van der Waals surface area contributed by atoms with Crippen LogP contribution in [0.3, 0.4) is 0 Å². The number of phenols is 3. The van der Waals surface area contributed by atoms with Gasteiger partial charge in [0.25, 0.3) is 5.69 Å². The molecule has 0 aromatic heterocycles. The Kier molecular flexibility index (Phi) is 65.0. The first kappa shape index (κ1) is 114. The first-order chi connectivity index (χ1) is 49.9. The van der Waals surface area contributed by atoms with Crippen LogP contribution in [0.2, 0.25) is 0 Å². The van der Waals surface area contributed by atoms with Gasteiger partial charge in [0.05, 0.1) is 18.1 Å². The maximum Gasteiger partial charge on any atom is 0.269 e. The van der Waals surface area contributed by atoms with Crippen molar-refractivity contribution in [2.75, 3.05) is 12.8 Å². The molecule has 10 aromatic rings. The third-order valence-corrected chi connectivity index (χ3v) is 17.5. The second-order valence-electron chi connectivity index (χ2n) is 29.2. The zero-order valence-electron chi connectivity index (χ0n) is 67.3. The molecule has 0 heterocycles. The van der Waals surface area contributed by atoms with E-state index >= 15 is 0 Å². The number of non-ortho nitro benzene ring substituents is 1. The number of benzene rings is 10. The number of methoxy groups -OCH3 is 1. The third-order valence-electron chi connectivity index (χ3n) is 17.5. The van der Waals surface area contributed by atoms with Gasteiger partial charge in [-0.2, -0.15) is 0 Å². The summed E-state index contributed by atoms with van der Waals surface area (Å²) in [5.74, 6) is 7.64. The van der Waals surface area contributed by atoms with Crippen molar-refractivity contribution in [3.05, 3.63) is 303 Å². The number of hydrogen-bond donors (Lipinski definition) is 5. The molecule has 10 nitrogen and oxygen atoms in total. The first-order valence-corrected chi connectivity index (χ1v) is 37.9. The number of nitro groups is 1. The molecule has 0 radical (unpaired) electrons. The summed E-state index contributed by atoms with van der Waals surface area (Å²) in [5.41, 5.74) is 17.6. The fourth-order valence-electron chi connectivity index (χ4n) is 10.2. The number of nitrogen functional groups attached to an aromatic ring is 1. The van der Waals surface area contributed by atoms with Crippen LogP contribution in [-0.2, 0) is 6.61 Å². The van der Waals surface area contributed by atoms with E-state index in [1.165, 1.54) is 99.3 Å². The largest absolute Gasteiger partial charge is 0.508 e. The normalized spacial score (nSPS) is 10.4. The lowest BCUT2D eigenvalue weighted by Gasteiger charge is -2.14. The van der Waals surface area contributed by atoms with Crippen molar-refractivity contribution in [2.45, 2.75) is 276 Å². The van der Waals surface area contributed by atoms with Gasteiger partial charge in [0.15, 0.2) is 0 Å². The van der Waals surface area contributed by atoms with E-state index in [9.17, 15) is 25.4 Å². The number of aliphatic hydroxyl groups is 1. The number of anilines is 1. The van der Waals surface area contributed by atoms with Crippen molar-refractivity contribution in [3.8, 4) is 28.7 Å². The van der Waals surface area contributed by atoms with Gasteiger partial charge in [0, 0.05) is 26.7 Å². The lowest BCUT2D eigenvalue weighted by molar-refractivity contribution is -0.384. The van der Waals surface area contributed by atoms with Crippen molar-refractivity contribution < 1.29 is 37.7 Å². The molecule has 10 rings (SSSR count). The number of phenolic OH excluding ortho intramolecular Hbond substituents is 3. The van der Waals surface area contributed by atoms with Crippen LogP contribution in [0.1, 0.15) is 323 Å². The fourth-order valence-corrected chi connectivity index (χ4v) is 10.2. The summed E-state index contributed by atoms with van der Waals surface area (Å²) in [6.45, 7) is 42.0. The highest BCUT2D eigenvalue weighted by atomic mass is 16.6. The van der Waals surface area contributed by atoms with Gasteiger partial charge in [0.1, 0.15) is 35.4 Å². The van der Waals surface area contributed by atoms with E-state index in [1.54, 1.807) is 31.4 Å². The average Bonchev–Trinajstić information content (AvgIpc) is 0.820. The minimum absolute atomic E-state index is 0. The van der Waals surface area contributed by atoms with E-state index in [0.717, 1.165) is 41.5 Å². The highest BCUT2D eigenvalue weighted by Gasteiger charge is 2.12. The maximum absolute atomic E-state index is 10.3. The predicted molar refractivity (Wildman–Crippen MR) is 500 cm³/mol. The Balaban J connectivity index is -0.000000185. The molecule has 0 fully saturated rings. The topological polar surface area (TPSA) is 169 Å². The molecule has 112 heavy (non-hydrogen) atoms. The summed E-state index contributed by atoms with van der Waals surface area (Å²) in [6, 6.07) is 78.6. The smallest absolute Gasteiger partial charge is 0.269 e. The Labute approximate surface area is 688 Å². The van der Waals surface area contributed by atoms with Crippen molar-refractivity contribution in [1.29, 1.82) is 0 Å². The molecule has 0 aliphatic rings. The molecule has 2 atom stereocenters. The van der Waals surface area contributed by atoms with Crippen LogP contribution in [0.15, 0.2) is 243 Å². The van der Waals surface area contributed by atoms with Crippen LogP contribution in [0, 0.1) is 22.0 Å². The molecule has 0 amide bonds. The van der Waals surface area contributed by atoms with Crippen LogP contribution in [0.5, 0.6) is 28.7 Å². The Hall–Kier alpha value is -9.38. The molecule has 6 N–H and O–H groups in total. The molecule has 10 aromatic carbocycles. The number of unbranched alkanes of at least 4 members (excludes halogenated alkanes) is 1.